The summed E-state index contributed by atoms with van der Waals surface area (Å²) in [6.07, 6.45) is 1.97. The number of hydrogen-bond acceptors (Lipinski definition) is 4. The Kier molecular flexibility index (Phi) is 10.6. The van der Waals surface area contributed by atoms with Gasteiger partial charge in [0.15, 0.2) is 5.96 Å². The number of aromatic hydroxyl groups is 1. The maximum atomic E-state index is 9.30. The molecule has 0 aliphatic heterocycles. The van der Waals surface area contributed by atoms with Crippen LogP contribution in [0.2, 0.25) is 0 Å². The molecule has 2 rings (SSSR count). The number of guanidine groups is 1. The Morgan fingerprint density at radius 1 is 1.23 bits per heavy atom. The van der Waals surface area contributed by atoms with Gasteiger partial charge < -0.3 is 15.7 Å². The molecule has 1 aromatic heterocycles. The van der Waals surface area contributed by atoms with Gasteiger partial charge in [0.1, 0.15) is 10.8 Å². The monoisotopic (exact) mass is 488 g/mol. The van der Waals surface area contributed by atoms with Gasteiger partial charge in [-0.3, -0.25) is 0 Å². The van der Waals surface area contributed by atoms with Crippen LogP contribution >= 0.6 is 35.3 Å². The second kappa shape index (κ2) is 12.1. The Hall–Kier alpha value is -1.35. The van der Waals surface area contributed by atoms with E-state index in [2.05, 4.69) is 46.8 Å². The first-order valence-electron chi connectivity index (χ1n) is 8.83. The number of aliphatic imine (C=N–C) groups is 1. The molecule has 1 heterocycles. The molecule has 0 aliphatic carbocycles. The van der Waals surface area contributed by atoms with Crippen molar-refractivity contribution in [3.8, 4) is 5.75 Å². The third kappa shape index (κ3) is 7.90. The molecule has 0 aliphatic rings. The topological polar surface area (TPSA) is 69.5 Å². The summed E-state index contributed by atoms with van der Waals surface area (Å²) in [4.78, 5) is 9.24. The number of phenols is 1. The zero-order valence-corrected chi connectivity index (χ0v) is 18.8. The first-order chi connectivity index (χ1) is 12.1. The highest BCUT2D eigenvalue weighted by atomic mass is 127. The first kappa shape index (κ1) is 22.7. The van der Waals surface area contributed by atoms with Gasteiger partial charge >= 0.3 is 0 Å². The minimum absolute atomic E-state index is 0. The van der Waals surface area contributed by atoms with E-state index in [9.17, 15) is 5.11 Å². The number of hydrogen-bond donors (Lipinski definition) is 3. The number of nitrogens with zero attached hydrogens (tertiary/aromatic N) is 2. The van der Waals surface area contributed by atoms with Crippen molar-refractivity contribution in [3.05, 3.63) is 45.9 Å². The summed E-state index contributed by atoms with van der Waals surface area (Å²) in [6, 6.07) is 7.38. The summed E-state index contributed by atoms with van der Waals surface area (Å²) in [5, 5.41) is 19.1. The number of phenolic OH excluding ortho intramolecular Hbond substituents is 1. The number of aryl methyl sites for hydroxylation is 1. The summed E-state index contributed by atoms with van der Waals surface area (Å²) in [5.41, 5.74) is 2.37. The molecule has 0 unspecified atom stereocenters. The third-order valence-electron chi connectivity index (χ3n) is 3.75. The van der Waals surface area contributed by atoms with Gasteiger partial charge in [-0.05, 0) is 43.4 Å². The van der Waals surface area contributed by atoms with Crippen LogP contribution in [0.1, 0.15) is 49.4 Å². The molecule has 2 aromatic rings. The molecule has 0 amide bonds. The van der Waals surface area contributed by atoms with Gasteiger partial charge in [0, 0.05) is 18.5 Å². The molecular weight excluding hydrogens is 459 g/mol. The molecule has 144 valence electrons. The Morgan fingerprint density at radius 3 is 2.58 bits per heavy atom. The average molecular weight is 488 g/mol. The Balaban J connectivity index is 0.00000338. The zero-order valence-electron chi connectivity index (χ0n) is 15.7. The van der Waals surface area contributed by atoms with E-state index >= 15 is 0 Å². The van der Waals surface area contributed by atoms with Gasteiger partial charge in [-0.1, -0.05) is 26.0 Å². The van der Waals surface area contributed by atoms with Crippen LogP contribution in [0.3, 0.4) is 0 Å². The predicted molar refractivity (Wildman–Crippen MR) is 121 cm³/mol. The summed E-state index contributed by atoms with van der Waals surface area (Å²) in [6.45, 7) is 8.66. The minimum atomic E-state index is 0. The molecule has 7 heteroatoms. The van der Waals surface area contributed by atoms with Crippen molar-refractivity contribution in [1.82, 2.24) is 15.6 Å². The summed E-state index contributed by atoms with van der Waals surface area (Å²) in [5.74, 6) is 1.60. The van der Waals surface area contributed by atoms with Crippen LogP contribution < -0.4 is 10.6 Å². The smallest absolute Gasteiger partial charge is 0.191 e. The fourth-order valence-corrected chi connectivity index (χ4v) is 3.19. The lowest BCUT2D eigenvalue weighted by molar-refractivity contribution is 0.475. The normalized spacial score (nSPS) is 11.3. The van der Waals surface area contributed by atoms with Crippen molar-refractivity contribution in [2.24, 2.45) is 4.99 Å². The Morgan fingerprint density at radius 2 is 1.96 bits per heavy atom. The number of aromatic nitrogens is 1. The lowest BCUT2D eigenvalue weighted by Crippen LogP contribution is -2.37. The maximum absolute atomic E-state index is 9.30. The molecular formula is C19H29IN4OS. The SMILES string of the molecule is CCNC(=NCc1nc(C(C)C)cs1)NCCCc1ccc(O)cc1.I. The Bertz CT molecular complexity index is 670. The van der Waals surface area contributed by atoms with E-state index in [4.69, 9.17) is 0 Å². The predicted octanol–water partition coefficient (Wildman–Crippen LogP) is 4.28. The van der Waals surface area contributed by atoms with Crippen molar-refractivity contribution in [2.45, 2.75) is 46.1 Å². The fourth-order valence-electron chi connectivity index (χ4n) is 2.31. The van der Waals surface area contributed by atoms with Gasteiger partial charge in [0.2, 0.25) is 0 Å². The fraction of sp³-hybridized carbons (Fsp3) is 0.474. The van der Waals surface area contributed by atoms with E-state index < -0.39 is 0 Å². The number of rotatable bonds is 8. The molecule has 0 bridgehead atoms. The van der Waals surface area contributed by atoms with E-state index in [0.29, 0.717) is 18.2 Å². The highest BCUT2D eigenvalue weighted by Crippen LogP contribution is 2.18. The quantitative estimate of drug-likeness (QED) is 0.225. The highest BCUT2D eigenvalue weighted by molar-refractivity contribution is 14.0. The largest absolute Gasteiger partial charge is 0.508 e. The molecule has 0 radical (unpaired) electrons. The zero-order chi connectivity index (χ0) is 18.1. The molecule has 3 N–H and O–H groups in total. The average Bonchev–Trinajstić information content (AvgIpc) is 3.07. The highest BCUT2D eigenvalue weighted by Gasteiger charge is 2.05. The second-order valence-electron chi connectivity index (χ2n) is 6.21. The number of halogens is 1. The van der Waals surface area contributed by atoms with Crippen LogP contribution in [-0.2, 0) is 13.0 Å². The summed E-state index contributed by atoms with van der Waals surface area (Å²) >= 11 is 1.67. The van der Waals surface area contributed by atoms with E-state index in [1.807, 2.05) is 12.1 Å². The summed E-state index contributed by atoms with van der Waals surface area (Å²) < 4.78 is 0. The van der Waals surface area contributed by atoms with Gasteiger partial charge in [0.25, 0.3) is 0 Å². The van der Waals surface area contributed by atoms with E-state index in [1.54, 1.807) is 23.5 Å². The van der Waals surface area contributed by atoms with Gasteiger partial charge in [-0.2, -0.15) is 0 Å². The van der Waals surface area contributed by atoms with Crippen molar-refractivity contribution in [1.29, 1.82) is 0 Å². The standard InChI is InChI=1S/C19H28N4OS.HI/c1-4-20-19(22-12-18-23-17(13-25-18)14(2)3)21-11-5-6-15-7-9-16(24)10-8-15;/h7-10,13-14,24H,4-6,11-12H2,1-3H3,(H2,20,21,22);1H. The van der Waals surface area contributed by atoms with Crippen LogP contribution in [0.15, 0.2) is 34.6 Å². The molecule has 0 fully saturated rings. The number of benzene rings is 1. The molecule has 1 aromatic carbocycles. The van der Waals surface area contributed by atoms with E-state index in [0.717, 1.165) is 42.6 Å². The van der Waals surface area contributed by atoms with Gasteiger partial charge in [-0.15, -0.1) is 35.3 Å². The molecule has 0 atom stereocenters. The lowest BCUT2D eigenvalue weighted by atomic mass is 10.1. The molecule has 5 nitrogen and oxygen atoms in total. The van der Waals surface area contributed by atoms with Crippen LogP contribution in [0.5, 0.6) is 5.75 Å². The van der Waals surface area contributed by atoms with Crippen molar-refractivity contribution in [3.63, 3.8) is 0 Å². The second-order valence-corrected chi connectivity index (χ2v) is 7.16. The van der Waals surface area contributed by atoms with Crippen LogP contribution in [0.25, 0.3) is 0 Å². The molecule has 0 saturated carbocycles. The number of nitrogens with one attached hydrogen (secondary N) is 2. The van der Waals surface area contributed by atoms with Crippen LogP contribution in [0, 0.1) is 0 Å². The van der Waals surface area contributed by atoms with Gasteiger partial charge in [-0.25, -0.2) is 9.98 Å². The van der Waals surface area contributed by atoms with Crippen molar-refractivity contribution in [2.75, 3.05) is 13.1 Å². The van der Waals surface area contributed by atoms with E-state index in [1.165, 1.54) is 5.56 Å². The molecule has 0 spiro atoms. The molecule has 26 heavy (non-hydrogen) atoms. The minimum Gasteiger partial charge on any atom is -0.508 e. The number of thiazole rings is 1. The van der Waals surface area contributed by atoms with Crippen molar-refractivity contribution >= 4 is 41.3 Å². The summed E-state index contributed by atoms with van der Waals surface area (Å²) in [7, 11) is 0. The first-order valence-corrected chi connectivity index (χ1v) is 9.70. The molecule has 0 saturated heterocycles. The van der Waals surface area contributed by atoms with Crippen LogP contribution in [-0.4, -0.2) is 29.1 Å². The van der Waals surface area contributed by atoms with E-state index in [-0.39, 0.29) is 24.0 Å². The maximum Gasteiger partial charge on any atom is 0.191 e. The Labute approximate surface area is 177 Å². The van der Waals surface area contributed by atoms with Crippen molar-refractivity contribution < 1.29 is 5.11 Å². The van der Waals surface area contributed by atoms with Crippen LogP contribution in [0.4, 0.5) is 0 Å². The lowest BCUT2D eigenvalue weighted by Gasteiger charge is -2.11. The third-order valence-corrected chi connectivity index (χ3v) is 4.60. The van der Waals surface area contributed by atoms with Gasteiger partial charge in [0.05, 0.1) is 12.2 Å².